The highest BCUT2D eigenvalue weighted by Crippen LogP contribution is 2.83. The highest BCUT2D eigenvalue weighted by atomic mass is 16.3. The molecular weight excluding hydrogens is 789 g/mol. The van der Waals surface area contributed by atoms with Crippen molar-refractivity contribution >= 4 is 71.6 Å². The lowest BCUT2D eigenvalue weighted by molar-refractivity contribution is 0.0381. The Hall–Kier alpha value is -7.36. The van der Waals surface area contributed by atoms with Gasteiger partial charge in [0.1, 0.15) is 11.2 Å². The molecule has 0 radical (unpaired) electrons. The highest BCUT2D eigenvalue weighted by Gasteiger charge is 2.76. The van der Waals surface area contributed by atoms with Gasteiger partial charge in [0.2, 0.25) is 0 Å². The Bertz CT molecular complexity index is 3710. The Morgan fingerprint density at radius 2 is 1.20 bits per heavy atom. The fourth-order valence-corrected chi connectivity index (χ4v) is 14.3. The van der Waals surface area contributed by atoms with E-state index in [0.717, 1.165) is 67.9 Å². The summed E-state index contributed by atoms with van der Waals surface area (Å²) >= 11 is 0. The number of para-hydroxylation sites is 3. The number of rotatable bonds is 7. The molecule has 0 N–H and O–H groups in total. The lowest BCUT2D eigenvalue weighted by Crippen LogP contribution is -2.38. The zero-order valence-corrected chi connectivity index (χ0v) is 36.1. The maximum absolute atomic E-state index is 6.47. The number of fused-ring (bicyclic) bond motifs is 9. The van der Waals surface area contributed by atoms with E-state index < -0.39 is 0 Å². The fraction of sp³-hybridized carbons (Fsp3) is 0.161. The zero-order chi connectivity index (χ0) is 42.4. The number of nitrogens with zero attached hydrogens (tertiary/aromatic N) is 2. The molecule has 0 aliphatic heterocycles. The van der Waals surface area contributed by atoms with Crippen LogP contribution in [0.3, 0.4) is 0 Å². The summed E-state index contributed by atoms with van der Waals surface area (Å²) in [6.45, 7) is 0. The predicted octanol–water partition coefficient (Wildman–Crippen LogP) is 16.7. The maximum atomic E-state index is 6.47. The van der Waals surface area contributed by atoms with Crippen molar-refractivity contribution in [2.24, 2.45) is 23.2 Å². The van der Waals surface area contributed by atoms with Gasteiger partial charge in [0.15, 0.2) is 0 Å². The molecule has 3 unspecified atom stereocenters. The maximum Gasteiger partial charge on any atom is 0.143 e. The summed E-state index contributed by atoms with van der Waals surface area (Å²) in [5.41, 5.74) is 16.2. The number of aromatic nitrogens is 1. The summed E-state index contributed by atoms with van der Waals surface area (Å²) in [6, 6.07) is 74.0. The molecule has 3 nitrogen and oxygen atoms in total. The molecule has 5 fully saturated rings. The van der Waals surface area contributed by atoms with Crippen molar-refractivity contribution in [1.29, 1.82) is 0 Å². The average molecular weight is 835 g/mol. The lowest BCUT2D eigenvalue weighted by atomic mass is 9.59. The van der Waals surface area contributed by atoms with E-state index in [2.05, 4.69) is 204 Å². The van der Waals surface area contributed by atoms with Gasteiger partial charge in [0.25, 0.3) is 0 Å². The van der Waals surface area contributed by atoms with Gasteiger partial charge in [-0.2, -0.15) is 0 Å². The summed E-state index contributed by atoms with van der Waals surface area (Å²) < 4.78 is 8.90. The number of anilines is 3. The van der Waals surface area contributed by atoms with E-state index in [0.29, 0.717) is 10.8 Å². The number of benzene rings is 9. The normalized spacial score (nSPS) is 22.7. The van der Waals surface area contributed by atoms with Crippen molar-refractivity contribution in [3.05, 3.63) is 206 Å². The van der Waals surface area contributed by atoms with Gasteiger partial charge in [-0.25, -0.2) is 0 Å². The van der Waals surface area contributed by atoms with E-state index in [-0.39, 0.29) is 0 Å². The first-order valence-corrected chi connectivity index (χ1v) is 23.6. The van der Waals surface area contributed by atoms with Crippen LogP contribution in [0.5, 0.6) is 0 Å². The number of furan rings is 1. The second kappa shape index (κ2) is 13.1. The molecule has 5 aliphatic carbocycles. The van der Waals surface area contributed by atoms with Gasteiger partial charge in [-0.1, -0.05) is 133 Å². The van der Waals surface area contributed by atoms with E-state index in [1.165, 1.54) is 81.5 Å². The minimum absolute atomic E-state index is 0.381. The minimum atomic E-state index is 0.381. The SMILES string of the molecule is c1cc(-c2ccc(N(c3ccc(-c4cccc5c4oc4ccccc45)cc3)c3ccc(C45C[C@@H]6CC7CC6(C4)[C@@H]7C5)cc3)cc2)cc(-n2c3ccccc3c3c4ccccc4ccc32)c1. The monoisotopic (exact) mass is 834 g/mol. The summed E-state index contributed by atoms with van der Waals surface area (Å²) in [5.74, 6) is 2.97. The zero-order valence-electron chi connectivity index (χ0n) is 36.1. The molecule has 3 bridgehead atoms. The topological polar surface area (TPSA) is 21.3 Å². The summed E-state index contributed by atoms with van der Waals surface area (Å²) in [5, 5.41) is 7.44. The van der Waals surface area contributed by atoms with E-state index in [9.17, 15) is 0 Å². The van der Waals surface area contributed by atoms with Crippen LogP contribution in [0.2, 0.25) is 0 Å². The van der Waals surface area contributed by atoms with Crippen molar-refractivity contribution in [3.63, 3.8) is 0 Å². The largest absolute Gasteiger partial charge is 0.455 e. The van der Waals surface area contributed by atoms with Crippen molar-refractivity contribution < 1.29 is 4.42 Å². The molecule has 5 saturated carbocycles. The highest BCUT2D eigenvalue weighted by molar-refractivity contribution is 6.21. The van der Waals surface area contributed by atoms with Gasteiger partial charge >= 0.3 is 0 Å². The Labute approximate surface area is 378 Å². The van der Waals surface area contributed by atoms with Crippen molar-refractivity contribution in [2.75, 3.05) is 4.90 Å². The first-order chi connectivity index (χ1) is 32.1. The first-order valence-electron chi connectivity index (χ1n) is 23.6. The summed E-state index contributed by atoms with van der Waals surface area (Å²) in [4.78, 5) is 2.43. The van der Waals surface area contributed by atoms with Crippen molar-refractivity contribution in [3.8, 4) is 27.9 Å². The third-order valence-corrected chi connectivity index (χ3v) is 17.0. The van der Waals surface area contributed by atoms with Crippen LogP contribution in [-0.4, -0.2) is 4.57 Å². The smallest absolute Gasteiger partial charge is 0.143 e. The van der Waals surface area contributed by atoms with Crippen LogP contribution in [-0.2, 0) is 5.41 Å². The Balaban J connectivity index is 0.809. The third-order valence-electron chi connectivity index (χ3n) is 17.0. The first kappa shape index (κ1) is 36.0. The average Bonchev–Trinajstić information content (AvgIpc) is 4.18. The van der Waals surface area contributed by atoms with Crippen LogP contribution >= 0.6 is 0 Å². The van der Waals surface area contributed by atoms with Gasteiger partial charge in [-0.3, -0.25) is 0 Å². The standard InChI is InChI=1S/C62H46N2O/c1-2-12-50-40(9-1)23-32-57-59(50)54-14-3-5-17-56(54)64(57)49-11-7-10-42(34-49)39-19-26-46(27-20-39)63(48-30-24-44(25-31-48)61-36-45-33-43-35-62(45,38-61)55(43)37-61)47-28-21-41(22-29-47)51-15-8-16-53-52-13-4-6-18-58(52)65-60(51)53/h1-32,34,43,45,55H,33,35-38H2/t43?,45-,55+,61?,62?/m0/s1. The Morgan fingerprint density at radius 3 is 2.00 bits per heavy atom. The summed E-state index contributed by atoms with van der Waals surface area (Å²) in [7, 11) is 0. The molecule has 2 heterocycles. The molecule has 5 atom stereocenters. The van der Waals surface area contributed by atoms with Gasteiger partial charge in [0.05, 0.1) is 11.0 Å². The molecule has 9 aromatic carbocycles. The number of hydrogen-bond acceptors (Lipinski definition) is 2. The minimum Gasteiger partial charge on any atom is -0.455 e. The van der Waals surface area contributed by atoms with Gasteiger partial charge in [-0.15, -0.1) is 0 Å². The van der Waals surface area contributed by atoms with Crippen LogP contribution < -0.4 is 4.90 Å². The van der Waals surface area contributed by atoms with E-state index in [1.807, 2.05) is 6.07 Å². The molecule has 0 amide bonds. The second-order valence-electron chi connectivity index (χ2n) is 19.9. The summed E-state index contributed by atoms with van der Waals surface area (Å²) in [6.07, 6.45) is 7.24. The van der Waals surface area contributed by atoms with Gasteiger partial charge in [0, 0.05) is 49.9 Å². The lowest BCUT2D eigenvalue weighted by Gasteiger charge is -2.45. The molecular formula is C62H46N2O. The molecule has 3 heteroatoms. The van der Waals surface area contributed by atoms with Gasteiger partial charge in [-0.05, 0) is 160 Å². The fourth-order valence-electron chi connectivity index (χ4n) is 14.3. The van der Waals surface area contributed by atoms with Crippen molar-refractivity contribution in [2.45, 2.75) is 37.5 Å². The second-order valence-corrected chi connectivity index (χ2v) is 19.9. The third kappa shape index (κ3) is 5.01. The molecule has 11 aromatic rings. The number of hydrogen-bond donors (Lipinski definition) is 0. The quantitative estimate of drug-likeness (QED) is 0.159. The molecule has 16 rings (SSSR count). The van der Waals surface area contributed by atoms with Crippen LogP contribution in [0.25, 0.3) is 82.5 Å². The molecule has 310 valence electrons. The molecule has 5 aliphatic rings. The molecule has 65 heavy (non-hydrogen) atoms. The van der Waals surface area contributed by atoms with Crippen LogP contribution in [0.1, 0.15) is 37.7 Å². The van der Waals surface area contributed by atoms with Crippen LogP contribution in [0.15, 0.2) is 205 Å². The van der Waals surface area contributed by atoms with E-state index in [1.54, 1.807) is 5.56 Å². The van der Waals surface area contributed by atoms with Crippen LogP contribution in [0.4, 0.5) is 17.1 Å². The molecule has 1 spiro atoms. The molecule has 0 saturated heterocycles. The van der Waals surface area contributed by atoms with Crippen LogP contribution in [0, 0.1) is 23.2 Å². The van der Waals surface area contributed by atoms with E-state index >= 15 is 0 Å². The molecule has 2 aromatic heterocycles. The van der Waals surface area contributed by atoms with E-state index in [4.69, 9.17) is 4.42 Å². The van der Waals surface area contributed by atoms with Crippen molar-refractivity contribution in [1.82, 2.24) is 4.57 Å². The van der Waals surface area contributed by atoms with Gasteiger partial charge < -0.3 is 13.9 Å². The Morgan fingerprint density at radius 1 is 0.508 bits per heavy atom. The Kier molecular flexibility index (Phi) is 7.27. The predicted molar refractivity (Wildman–Crippen MR) is 269 cm³/mol.